The summed E-state index contributed by atoms with van der Waals surface area (Å²) in [5.74, 6) is -0.663. The minimum absolute atomic E-state index is 0.474. The van der Waals surface area contributed by atoms with E-state index in [1.165, 1.54) is 25.7 Å². The van der Waals surface area contributed by atoms with E-state index in [0.717, 1.165) is 12.8 Å². The third-order valence-electron chi connectivity index (χ3n) is 1.74. The zero-order valence-corrected chi connectivity index (χ0v) is 7.84. The predicted octanol–water partition coefficient (Wildman–Crippen LogP) is 2.65. The van der Waals surface area contributed by atoms with Crippen molar-refractivity contribution in [2.24, 2.45) is 0 Å². The van der Waals surface area contributed by atoms with E-state index in [1.54, 1.807) is 0 Å². The molecule has 0 unspecified atom stereocenters. The Hall–Kier alpha value is -0.465. The molecule has 0 saturated heterocycles. The molecule has 0 aromatic heterocycles. The third-order valence-corrected chi connectivity index (χ3v) is 1.74. The van der Waals surface area contributed by atoms with Gasteiger partial charge in [0, 0.05) is 0 Å². The third kappa shape index (κ3) is 9.53. The molecule has 12 heavy (non-hydrogen) atoms. The zero-order valence-electron chi connectivity index (χ0n) is 7.84. The van der Waals surface area contributed by atoms with Crippen LogP contribution in [0.5, 0.6) is 0 Å². The van der Waals surface area contributed by atoms with Crippen LogP contribution in [0.2, 0.25) is 0 Å². The van der Waals surface area contributed by atoms with Gasteiger partial charge in [0.05, 0.1) is 6.61 Å². The number of unbranched alkanes of at least 4 members (excludes halogenated alkanes) is 5. The molecule has 0 rings (SSSR count). The van der Waals surface area contributed by atoms with E-state index in [4.69, 9.17) is 7.85 Å². The molecule has 0 amide bonds. The van der Waals surface area contributed by atoms with E-state index < -0.39 is 5.87 Å². The summed E-state index contributed by atoms with van der Waals surface area (Å²) in [6, 6.07) is 0. The first-order valence-electron chi connectivity index (χ1n) is 4.69. The van der Waals surface area contributed by atoms with Crippen LogP contribution in [0.3, 0.4) is 0 Å². The second kappa shape index (κ2) is 8.63. The molecule has 0 atom stereocenters. The fourth-order valence-corrected chi connectivity index (χ4v) is 1.06. The molecule has 0 spiro atoms. The van der Waals surface area contributed by atoms with Crippen LogP contribution in [0.4, 0.5) is 4.79 Å². The van der Waals surface area contributed by atoms with E-state index in [2.05, 4.69) is 11.7 Å². The molecule has 0 N–H and O–H groups in total. The summed E-state index contributed by atoms with van der Waals surface area (Å²) in [6.07, 6.45) is 7.15. The molecule has 2 nitrogen and oxygen atoms in total. The Morgan fingerprint density at radius 1 is 1.17 bits per heavy atom. The number of hydrogen-bond acceptors (Lipinski definition) is 2. The highest BCUT2D eigenvalue weighted by atomic mass is 16.5. The first-order chi connectivity index (χ1) is 5.77. The van der Waals surface area contributed by atoms with Gasteiger partial charge in [0.2, 0.25) is 13.7 Å². The van der Waals surface area contributed by atoms with Gasteiger partial charge in [-0.15, -0.1) is 0 Å². The molecule has 0 aliphatic heterocycles. The van der Waals surface area contributed by atoms with Crippen molar-refractivity contribution in [1.82, 2.24) is 0 Å². The molecule has 0 bridgehead atoms. The molecule has 0 aromatic carbocycles. The lowest BCUT2D eigenvalue weighted by atomic mass is 10.1. The van der Waals surface area contributed by atoms with Gasteiger partial charge in [-0.05, 0) is 6.42 Å². The van der Waals surface area contributed by atoms with E-state index in [9.17, 15) is 4.79 Å². The van der Waals surface area contributed by atoms with E-state index in [1.807, 2.05) is 0 Å². The van der Waals surface area contributed by atoms with Crippen LogP contribution in [0.25, 0.3) is 0 Å². The van der Waals surface area contributed by atoms with Crippen LogP contribution < -0.4 is 0 Å². The lowest BCUT2D eigenvalue weighted by Crippen LogP contribution is -2.02. The molecule has 3 heteroatoms. The van der Waals surface area contributed by atoms with Crippen molar-refractivity contribution in [3.05, 3.63) is 0 Å². The summed E-state index contributed by atoms with van der Waals surface area (Å²) < 4.78 is 4.59. The Bertz CT molecular complexity index is 115. The van der Waals surface area contributed by atoms with Gasteiger partial charge >= 0.3 is 0 Å². The van der Waals surface area contributed by atoms with Gasteiger partial charge in [-0.2, -0.15) is 0 Å². The van der Waals surface area contributed by atoms with Gasteiger partial charge < -0.3 is 4.74 Å². The average molecular weight is 168 g/mol. The van der Waals surface area contributed by atoms with E-state index >= 15 is 0 Å². The summed E-state index contributed by atoms with van der Waals surface area (Å²) in [5.41, 5.74) is 0. The molecule has 68 valence electrons. The van der Waals surface area contributed by atoms with Crippen molar-refractivity contribution in [3.8, 4) is 0 Å². The number of carbonyl (C=O) groups excluding carboxylic acids is 1. The lowest BCUT2D eigenvalue weighted by Gasteiger charge is -2.01. The summed E-state index contributed by atoms with van der Waals surface area (Å²) in [7, 11) is 4.79. The highest BCUT2D eigenvalue weighted by molar-refractivity contribution is 6.55. The maximum Gasteiger partial charge on any atom is 0.235 e. The Balaban J connectivity index is 2.86. The van der Waals surface area contributed by atoms with Gasteiger partial charge in [0.25, 0.3) is 0 Å². The Labute approximate surface area is 76.1 Å². The number of carbonyl (C=O) groups is 1. The summed E-state index contributed by atoms with van der Waals surface area (Å²) in [4.78, 5) is 10.1. The maximum atomic E-state index is 10.1. The summed E-state index contributed by atoms with van der Waals surface area (Å²) in [5, 5.41) is 0. The van der Waals surface area contributed by atoms with Crippen molar-refractivity contribution in [2.75, 3.05) is 6.61 Å². The van der Waals surface area contributed by atoms with Crippen LogP contribution in [-0.4, -0.2) is 20.3 Å². The largest absolute Gasteiger partial charge is 0.475 e. The van der Waals surface area contributed by atoms with Gasteiger partial charge in [-0.3, -0.25) is 4.79 Å². The Morgan fingerprint density at radius 3 is 2.33 bits per heavy atom. The van der Waals surface area contributed by atoms with Crippen molar-refractivity contribution in [1.29, 1.82) is 0 Å². The topological polar surface area (TPSA) is 26.3 Å². The molecule has 0 fully saturated rings. The van der Waals surface area contributed by atoms with Crippen LogP contribution in [0.1, 0.15) is 45.4 Å². The van der Waals surface area contributed by atoms with Crippen molar-refractivity contribution < 1.29 is 9.53 Å². The second-order valence-corrected chi connectivity index (χ2v) is 2.94. The molecular formula is C9H17BO2. The Morgan fingerprint density at radius 2 is 1.75 bits per heavy atom. The smallest absolute Gasteiger partial charge is 0.235 e. The number of hydrogen-bond donors (Lipinski definition) is 0. The molecule has 0 aromatic rings. The minimum Gasteiger partial charge on any atom is -0.475 e. The molecule has 0 aliphatic rings. The molecule has 0 aliphatic carbocycles. The predicted molar refractivity (Wildman–Crippen MR) is 50.5 cm³/mol. The lowest BCUT2D eigenvalue weighted by molar-refractivity contribution is 0.170. The fourth-order valence-electron chi connectivity index (χ4n) is 1.06. The second-order valence-electron chi connectivity index (χ2n) is 2.94. The van der Waals surface area contributed by atoms with Crippen molar-refractivity contribution in [3.63, 3.8) is 0 Å². The average Bonchev–Trinajstić information content (AvgIpc) is 2.02. The van der Waals surface area contributed by atoms with Gasteiger partial charge in [0.15, 0.2) is 0 Å². The SMILES string of the molecule is [B]C(=O)OCCCCCCCC. The number of ether oxygens (including phenoxy) is 1. The Kier molecular flexibility index (Phi) is 8.30. The van der Waals surface area contributed by atoms with Crippen molar-refractivity contribution in [2.45, 2.75) is 45.4 Å². The quantitative estimate of drug-likeness (QED) is 0.431. The van der Waals surface area contributed by atoms with Crippen LogP contribution in [0, 0.1) is 0 Å². The van der Waals surface area contributed by atoms with Gasteiger partial charge in [0.1, 0.15) is 0 Å². The fraction of sp³-hybridized carbons (Fsp3) is 0.889. The number of rotatable bonds is 7. The van der Waals surface area contributed by atoms with Crippen LogP contribution in [-0.2, 0) is 4.74 Å². The standard InChI is InChI=1S/C9H17BO2/c1-2-3-4-5-6-7-8-12-9(10)11/h2-8H2,1H3. The zero-order chi connectivity index (χ0) is 9.23. The first-order valence-corrected chi connectivity index (χ1v) is 4.69. The maximum absolute atomic E-state index is 10.1. The molecule has 0 saturated carbocycles. The van der Waals surface area contributed by atoms with Crippen LogP contribution in [0.15, 0.2) is 0 Å². The van der Waals surface area contributed by atoms with Gasteiger partial charge in [-0.1, -0.05) is 39.0 Å². The molecule has 2 radical (unpaired) electrons. The highest BCUT2D eigenvalue weighted by Crippen LogP contribution is 2.04. The monoisotopic (exact) mass is 168 g/mol. The van der Waals surface area contributed by atoms with Gasteiger partial charge in [-0.25, -0.2) is 0 Å². The van der Waals surface area contributed by atoms with Crippen LogP contribution >= 0.6 is 0 Å². The summed E-state index contributed by atoms with van der Waals surface area (Å²) in [6.45, 7) is 2.66. The van der Waals surface area contributed by atoms with E-state index in [-0.39, 0.29) is 0 Å². The normalized spacial score (nSPS) is 9.75. The van der Waals surface area contributed by atoms with Crippen molar-refractivity contribution >= 4 is 13.7 Å². The minimum atomic E-state index is -0.663. The molecule has 0 heterocycles. The highest BCUT2D eigenvalue weighted by Gasteiger charge is 1.92. The van der Waals surface area contributed by atoms with E-state index in [0.29, 0.717) is 6.61 Å². The molecular weight excluding hydrogens is 151 g/mol. The summed E-state index contributed by atoms with van der Waals surface area (Å²) >= 11 is 0. The first kappa shape index (κ1) is 11.5.